The highest BCUT2D eigenvalue weighted by molar-refractivity contribution is 5.85. The Balaban J connectivity index is 0.00000121. The SMILES string of the molecule is Cl.c1ccc2c(c1)CCCC2N1CCC2CCC(C1)N2. The van der Waals surface area contributed by atoms with Crippen LogP contribution in [0.2, 0.25) is 0 Å². The van der Waals surface area contributed by atoms with E-state index in [0.717, 1.165) is 12.1 Å². The Morgan fingerprint density at radius 2 is 1.85 bits per heavy atom. The molecule has 1 aliphatic carbocycles. The molecular weight excluding hydrogens is 268 g/mol. The van der Waals surface area contributed by atoms with Crippen molar-refractivity contribution in [3.05, 3.63) is 35.4 Å². The lowest BCUT2D eigenvalue weighted by atomic mass is 9.86. The van der Waals surface area contributed by atoms with Crippen molar-refractivity contribution in [2.24, 2.45) is 0 Å². The smallest absolute Gasteiger partial charge is 0.0351 e. The molecular formula is C17H25ClN2. The summed E-state index contributed by atoms with van der Waals surface area (Å²) in [6.07, 6.45) is 8.13. The Kier molecular flexibility index (Phi) is 4.34. The summed E-state index contributed by atoms with van der Waals surface area (Å²) in [5.74, 6) is 0. The summed E-state index contributed by atoms with van der Waals surface area (Å²) < 4.78 is 0. The average molecular weight is 293 g/mol. The lowest BCUT2D eigenvalue weighted by Crippen LogP contribution is -2.38. The van der Waals surface area contributed by atoms with Gasteiger partial charge >= 0.3 is 0 Å². The Hall–Kier alpha value is -0.570. The van der Waals surface area contributed by atoms with Gasteiger partial charge in [0, 0.05) is 31.2 Å². The zero-order chi connectivity index (χ0) is 12.7. The summed E-state index contributed by atoms with van der Waals surface area (Å²) in [7, 11) is 0. The van der Waals surface area contributed by atoms with E-state index in [1.54, 1.807) is 11.1 Å². The normalized spacial score (nSPS) is 33.1. The number of benzene rings is 1. The second-order valence-corrected chi connectivity index (χ2v) is 6.53. The summed E-state index contributed by atoms with van der Waals surface area (Å²) in [4.78, 5) is 2.77. The van der Waals surface area contributed by atoms with E-state index in [1.807, 2.05) is 0 Å². The molecule has 1 aromatic carbocycles. The molecule has 110 valence electrons. The van der Waals surface area contributed by atoms with E-state index in [4.69, 9.17) is 0 Å². The van der Waals surface area contributed by atoms with Crippen molar-refractivity contribution in [3.63, 3.8) is 0 Å². The highest BCUT2D eigenvalue weighted by Gasteiger charge is 2.33. The van der Waals surface area contributed by atoms with Crippen molar-refractivity contribution in [1.29, 1.82) is 0 Å². The van der Waals surface area contributed by atoms with Gasteiger partial charge in [-0.05, 0) is 49.7 Å². The zero-order valence-electron chi connectivity index (χ0n) is 12.1. The van der Waals surface area contributed by atoms with Crippen molar-refractivity contribution in [2.45, 2.75) is 56.7 Å². The highest BCUT2D eigenvalue weighted by atomic mass is 35.5. The molecule has 3 atom stereocenters. The third-order valence-corrected chi connectivity index (χ3v) is 5.33. The van der Waals surface area contributed by atoms with Crippen molar-refractivity contribution >= 4 is 12.4 Å². The maximum atomic E-state index is 3.80. The van der Waals surface area contributed by atoms with Crippen LogP contribution in [0.15, 0.2) is 24.3 Å². The number of hydrogen-bond donors (Lipinski definition) is 1. The summed E-state index contributed by atoms with van der Waals surface area (Å²) in [5, 5.41) is 3.80. The summed E-state index contributed by atoms with van der Waals surface area (Å²) in [5.41, 5.74) is 3.22. The van der Waals surface area contributed by atoms with E-state index < -0.39 is 0 Å². The predicted molar refractivity (Wildman–Crippen MR) is 85.5 cm³/mol. The molecule has 3 heteroatoms. The van der Waals surface area contributed by atoms with Crippen molar-refractivity contribution in [1.82, 2.24) is 10.2 Å². The van der Waals surface area contributed by atoms with E-state index in [-0.39, 0.29) is 12.4 Å². The van der Waals surface area contributed by atoms with Crippen LogP contribution in [0.25, 0.3) is 0 Å². The molecule has 0 spiro atoms. The summed E-state index contributed by atoms with van der Waals surface area (Å²) >= 11 is 0. The van der Waals surface area contributed by atoms with Crippen LogP contribution in [0, 0.1) is 0 Å². The molecule has 0 aromatic heterocycles. The molecule has 3 aliphatic rings. The van der Waals surface area contributed by atoms with Gasteiger partial charge in [0.05, 0.1) is 0 Å². The fourth-order valence-corrected chi connectivity index (χ4v) is 4.36. The van der Waals surface area contributed by atoms with Crippen LogP contribution < -0.4 is 5.32 Å². The first-order valence-corrected chi connectivity index (χ1v) is 7.98. The first-order valence-electron chi connectivity index (χ1n) is 7.98. The molecule has 2 aliphatic heterocycles. The second kappa shape index (κ2) is 6.05. The molecule has 0 amide bonds. The number of rotatable bonds is 1. The van der Waals surface area contributed by atoms with Crippen LogP contribution in [-0.4, -0.2) is 30.1 Å². The van der Waals surface area contributed by atoms with Crippen molar-refractivity contribution < 1.29 is 0 Å². The Morgan fingerprint density at radius 1 is 1.00 bits per heavy atom. The van der Waals surface area contributed by atoms with Crippen LogP contribution in [0.4, 0.5) is 0 Å². The first kappa shape index (κ1) is 14.4. The van der Waals surface area contributed by atoms with Crippen LogP contribution in [-0.2, 0) is 6.42 Å². The lowest BCUT2D eigenvalue weighted by molar-refractivity contribution is 0.170. The minimum Gasteiger partial charge on any atom is -0.310 e. The van der Waals surface area contributed by atoms with Gasteiger partial charge in [0.2, 0.25) is 0 Å². The van der Waals surface area contributed by atoms with E-state index in [2.05, 4.69) is 34.5 Å². The number of hydrogen-bond acceptors (Lipinski definition) is 2. The maximum Gasteiger partial charge on any atom is 0.0351 e. The molecule has 1 aromatic rings. The number of nitrogens with zero attached hydrogens (tertiary/aromatic N) is 1. The van der Waals surface area contributed by atoms with Gasteiger partial charge in [-0.3, -0.25) is 4.90 Å². The Bertz CT molecular complexity index is 462. The van der Waals surface area contributed by atoms with Gasteiger partial charge in [-0.1, -0.05) is 24.3 Å². The number of halogens is 1. The Labute approximate surface area is 128 Å². The van der Waals surface area contributed by atoms with Crippen molar-refractivity contribution in [2.75, 3.05) is 13.1 Å². The van der Waals surface area contributed by atoms with Gasteiger partial charge in [0.25, 0.3) is 0 Å². The first-order chi connectivity index (χ1) is 9.40. The van der Waals surface area contributed by atoms with E-state index in [9.17, 15) is 0 Å². The van der Waals surface area contributed by atoms with Crippen LogP contribution in [0.5, 0.6) is 0 Å². The quantitative estimate of drug-likeness (QED) is 0.854. The van der Waals surface area contributed by atoms with Gasteiger partial charge in [-0.2, -0.15) is 0 Å². The van der Waals surface area contributed by atoms with Crippen LogP contribution >= 0.6 is 12.4 Å². The number of nitrogens with one attached hydrogen (secondary N) is 1. The van der Waals surface area contributed by atoms with E-state index in [1.165, 1.54) is 51.6 Å². The predicted octanol–water partition coefficient (Wildman–Crippen LogP) is 3.31. The van der Waals surface area contributed by atoms with Gasteiger partial charge < -0.3 is 5.32 Å². The van der Waals surface area contributed by atoms with E-state index in [0.29, 0.717) is 6.04 Å². The largest absolute Gasteiger partial charge is 0.310 e. The summed E-state index contributed by atoms with van der Waals surface area (Å²) in [6.45, 7) is 2.54. The molecule has 2 nitrogen and oxygen atoms in total. The molecule has 1 N–H and O–H groups in total. The molecule has 2 bridgehead atoms. The fourth-order valence-electron chi connectivity index (χ4n) is 4.36. The van der Waals surface area contributed by atoms with Gasteiger partial charge in [0.15, 0.2) is 0 Å². The second-order valence-electron chi connectivity index (χ2n) is 6.53. The Morgan fingerprint density at radius 3 is 2.80 bits per heavy atom. The third kappa shape index (κ3) is 2.61. The number of likely N-dealkylation sites (tertiary alicyclic amines) is 1. The third-order valence-electron chi connectivity index (χ3n) is 5.33. The van der Waals surface area contributed by atoms with Crippen molar-refractivity contribution in [3.8, 4) is 0 Å². The highest BCUT2D eigenvalue weighted by Crippen LogP contribution is 2.36. The number of aryl methyl sites for hydroxylation is 1. The average Bonchev–Trinajstić information content (AvgIpc) is 2.78. The molecule has 20 heavy (non-hydrogen) atoms. The fraction of sp³-hybridized carbons (Fsp3) is 0.647. The molecule has 4 rings (SSSR count). The van der Waals surface area contributed by atoms with Crippen LogP contribution in [0.1, 0.15) is 49.3 Å². The van der Waals surface area contributed by atoms with Gasteiger partial charge in [0.1, 0.15) is 0 Å². The molecule has 0 saturated carbocycles. The lowest BCUT2D eigenvalue weighted by Gasteiger charge is -2.36. The topological polar surface area (TPSA) is 15.3 Å². The molecule has 2 heterocycles. The summed E-state index contributed by atoms with van der Waals surface area (Å²) in [6, 6.07) is 11.4. The number of fused-ring (bicyclic) bond motifs is 3. The minimum absolute atomic E-state index is 0. The molecule has 0 radical (unpaired) electrons. The van der Waals surface area contributed by atoms with E-state index >= 15 is 0 Å². The van der Waals surface area contributed by atoms with Gasteiger partial charge in [-0.15, -0.1) is 12.4 Å². The molecule has 2 fully saturated rings. The standard InChI is InChI=1S/C17H24N2.ClH/c1-2-6-16-13(4-1)5-3-7-17(16)19-11-10-14-8-9-15(12-19)18-14;/h1-2,4,6,14-15,17-18H,3,5,7-12H2;1H. The zero-order valence-corrected chi connectivity index (χ0v) is 12.9. The monoisotopic (exact) mass is 292 g/mol. The minimum atomic E-state index is 0. The maximum absolute atomic E-state index is 3.80. The van der Waals surface area contributed by atoms with Crippen LogP contribution in [0.3, 0.4) is 0 Å². The van der Waals surface area contributed by atoms with Gasteiger partial charge in [-0.25, -0.2) is 0 Å². The molecule has 2 saturated heterocycles. The molecule has 3 unspecified atom stereocenters.